The van der Waals surface area contributed by atoms with Crippen LogP contribution >= 0.6 is 0 Å². The second-order valence-corrected chi connectivity index (χ2v) is 5.80. The van der Waals surface area contributed by atoms with Crippen LogP contribution in [0.25, 0.3) is 11.4 Å². The largest absolute Gasteiger partial charge is 0.493 e. The summed E-state index contributed by atoms with van der Waals surface area (Å²) >= 11 is 0. The van der Waals surface area contributed by atoms with Crippen LogP contribution < -0.4 is 19.5 Å². The van der Waals surface area contributed by atoms with Crippen molar-refractivity contribution in [2.24, 2.45) is 0 Å². The Kier molecular flexibility index (Phi) is 6.11. The summed E-state index contributed by atoms with van der Waals surface area (Å²) in [4.78, 5) is 16.8. The molecular formula is C20H21N3O5. The van der Waals surface area contributed by atoms with Crippen molar-refractivity contribution >= 4 is 5.91 Å². The van der Waals surface area contributed by atoms with E-state index in [-0.39, 0.29) is 5.91 Å². The lowest BCUT2D eigenvalue weighted by Gasteiger charge is -2.14. The van der Waals surface area contributed by atoms with Crippen LogP contribution in [0.1, 0.15) is 16.2 Å². The number of carbonyl (C=O) groups excluding carboxylic acids is 1. The van der Waals surface area contributed by atoms with Crippen LogP contribution in [-0.2, 0) is 6.42 Å². The van der Waals surface area contributed by atoms with E-state index in [2.05, 4.69) is 15.5 Å². The number of hydrogen-bond acceptors (Lipinski definition) is 7. The third kappa shape index (κ3) is 4.22. The minimum atomic E-state index is -0.276. The first kappa shape index (κ1) is 19.2. The van der Waals surface area contributed by atoms with Crippen molar-refractivity contribution in [1.82, 2.24) is 15.5 Å². The Bertz CT molecular complexity index is 915. The van der Waals surface area contributed by atoms with Crippen molar-refractivity contribution in [3.8, 4) is 28.6 Å². The predicted molar refractivity (Wildman–Crippen MR) is 102 cm³/mol. The van der Waals surface area contributed by atoms with Crippen LogP contribution in [0.2, 0.25) is 0 Å². The Morgan fingerprint density at radius 3 is 2.32 bits per heavy atom. The molecule has 0 saturated carbocycles. The number of carbonyl (C=O) groups is 1. The minimum absolute atomic E-state index is 0.276. The van der Waals surface area contributed by atoms with Gasteiger partial charge in [0, 0.05) is 24.1 Å². The van der Waals surface area contributed by atoms with Crippen LogP contribution in [0.3, 0.4) is 0 Å². The summed E-state index contributed by atoms with van der Waals surface area (Å²) in [6, 6.07) is 12.7. The first-order valence-electron chi connectivity index (χ1n) is 8.62. The van der Waals surface area contributed by atoms with Gasteiger partial charge in [0.25, 0.3) is 5.91 Å². The van der Waals surface area contributed by atoms with Gasteiger partial charge in [0.2, 0.25) is 17.5 Å². The second kappa shape index (κ2) is 8.90. The molecule has 28 heavy (non-hydrogen) atoms. The topological polar surface area (TPSA) is 95.7 Å². The van der Waals surface area contributed by atoms with Crippen molar-refractivity contribution in [3.63, 3.8) is 0 Å². The number of ether oxygens (including phenoxy) is 3. The number of amides is 1. The Morgan fingerprint density at radius 1 is 1.04 bits per heavy atom. The van der Waals surface area contributed by atoms with E-state index in [4.69, 9.17) is 18.7 Å². The zero-order chi connectivity index (χ0) is 19.9. The van der Waals surface area contributed by atoms with E-state index in [0.717, 1.165) is 5.56 Å². The molecule has 1 amide bonds. The van der Waals surface area contributed by atoms with E-state index in [1.165, 1.54) is 21.3 Å². The summed E-state index contributed by atoms with van der Waals surface area (Å²) in [6.45, 7) is 0.339. The molecule has 0 fully saturated rings. The average molecular weight is 383 g/mol. The highest BCUT2D eigenvalue weighted by atomic mass is 16.5. The molecule has 0 unspecified atom stereocenters. The SMILES string of the molecule is COc1cc(C(=O)NCCc2nc(-c3ccccc3)no2)cc(OC)c1OC. The van der Waals surface area contributed by atoms with E-state index in [1.807, 2.05) is 30.3 Å². The molecule has 146 valence electrons. The van der Waals surface area contributed by atoms with Gasteiger partial charge in [0.1, 0.15) is 0 Å². The Balaban J connectivity index is 1.63. The summed E-state index contributed by atoms with van der Waals surface area (Å²) in [6.07, 6.45) is 0.413. The maximum absolute atomic E-state index is 12.5. The van der Waals surface area contributed by atoms with E-state index in [0.29, 0.717) is 47.5 Å². The molecule has 0 spiro atoms. The Morgan fingerprint density at radius 2 is 1.71 bits per heavy atom. The highest BCUT2D eigenvalue weighted by Crippen LogP contribution is 2.38. The lowest BCUT2D eigenvalue weighted by molar-refractivity contribution is 0.0952. The fourth-order valence-corrected chi connectivity index (χ4v) is 2.66. The van der Waals surface area contributed by atoms with Gasteiger partial charge in [0.15, 0.2) is 11.5 Å². The molecular weight excluding hydrogens is 362 g/mol. The molecule has 3 aromatic rings. The lowest BCUT2D eigenvalue weighted by Crippen LogP contribution is -2.25. The van der Waals surface area contributed by atoms with Gasteiger partial charge in [-0.25, -0.2) is 0 Å². The zero-order valence-corrected chi connectivity index (χ0v) is 15.9. The maximum Gasteiger partial charge on any atom is 0.251 e. The lowest BCUT2D eigenvalue weighted by atomic mass is 10.1. The third-order valence-corrected chi connectivity index (χ3v) is 4.05. The minimum Gasteiger partial charge on any atom is -0.493 e. The Labute approximate surface area is 162 Å². The Hall–Kier alpha value is -3.55. The third-order valence-electron chi connectivity index (χ3n) is 4.05. The van der Waals surface area contributed by atoms with Crippen molar-refractivity contribution < 1.29 is 23.5 Å². The first-order valence-corrected chi connectivity index (χ1v) is 8.62. The molecule has 1 heterocycles. The van der Waals surface area contributed by atoms with Gasteiger partial charge >= 0.3 is 0 Å². The molecule has 8 heteroatoms. The average Bonchev–Trinajstić information content (AvgIpc) is 3.22. The number of rotatable bonds is 8. The van der Waals surface area contributed by atoms with Crippen LogP contribution in [0.4, 0.5) is 0 Å². The smallest absolute Gasteiger partial charge is 0.251 e. The molecule has 0 saturated heterocycles. The molecule has 1 N–H and O–H groups in total. The fraction of sp³-hybridized carbons (Fsp3) is 0.250. The molecule has 0 aliphatic rings. The van der Waals surface area contributed by atoms with Crippen molar-refractivity contribution in [2.75, 3.05) is 27.9 Å². The number of nitrogens with one attached hydrogen (secondary N) is 1. The molecule has 8 nitrogen and oxygen atoms in total. The normalized spacial score (nSPS) is 10.4. The number of aromatic nitrogens is 2. The van der Waals surface area contributed by atoms with Crippen LogP contribution in [-0.4, -0.2) is 43.9 Å². The molecule has 0 bridgehead atoms. The van der Waals surface area contributed by atoms with Crippen molar-refractivity contribution in [3.05, 3.63) is 53.9 Å². The molecule has 0 radical (unpaired) electrons. The summed E-state index contributed by atoms with van der Waals surface area (Å²) < 4.78 is 21.0. The number of hydrogen-bond donors (Lipinski definition) is 1. The second-order valence-electron chi connectivity index (χ2n) is 5.80. The van der Waals surface area contributed by atoms with Crippen molar-refractivity contribution in [1.29, 1.82) is 0 Å². The van der Waals surface area contributed by atoms with Crippen molar-refractivity contribution in [2.45, 2.75) is 6.42 Å². The molecule has 0 aliphatic carbocycles. The van der Waals surface area contributed by atoms with Crippen LogP contribution in [0.15, 0.2) is 47.0 Å². The molecule has 0 atom stereocenters. The summed E-state index contributed by atoms with van der Waals surface area (Å²) in [5.41, 5.74) is 1.27. The van der Waals surface area contributed by atoms with Gasteiger partial charge in [-0.3, -0.25) is 4.79 Å². The van der Waals surface area contributed by atoms with E-state index in [9.17, 15) is 4.79 Å². The van der Waals surface area contributed by atoms with Crippen LogP contribution in [0.5, 0.6) is 17.2 Å². The van der Waals surface area contributed by atoms with Gasteiger partial charge in [-0.15, -0.1) is 0 Å². The van der Waals surface area contributed by atoms with Gasteiger partial charge < -0.3 is 24.1 Å². The molecule has 3 rings (SSSR count). The van der Waals surface area contributed by atoms with Gasteiger partial charge in [-0.05, 0) is 12.1 Å². The first-order chi connectivity index (χ1) is 13.7. The summed E-state index contributed by atoms with van der Waals surface area (Å²) in [7, 11) is 4.51. The van der Waals surface area contributed by atoms with E-state index >= 15 is 0 Å². The molecule has 2 aromatic carbocycles. The van der Waals surface area contributed by atoms with Gasteiger partial charge in [0.05, 0.1) is 21.3 Å². The van der Waals surface area contributed by atoms with Crippen LogP contribution in [0, 0.1) is 0 Å². The molecule has 1 aromatic heterocycles. The number of benzene rings is 2. The highest BCUT2D eigenvalue weighted by Gasteiger charge is 2.17. The monoisotopic (exact) mass is 383 g/mol. The summed E-state index contributed by atoms with van der Waals surface area (Å²) in [5.74, 6) is 1.95. The van der Waals surface area contributed by atoms with Gasteiger partial charge in [-0.2, -0.15) is 4.98 Å². The molecule has 0 aliphatic heterocycles. The quantitative estimate of drug-likeness (QED) is 0.639. The zero-order valence-electron chi connectivity index (χ0n) is 15.9. The highest BCUT2D eigenvalue weighted by molar-refractivity contribution is 5.95. The standard InChI is InChI=1S/C20H21N3O5/c1-25-15-11-14(12-16(26-2)18(15)27-3)20(24)21-10-9-17-22-19(23-28-17)13-7-5-4-6-8-13/h4-8,11-12H,9-10H2,1-3H3,(H,21,24). The van der Waals surface area contributed by atoms with E-state index < -0.39 is 0 Å². The van der Waals surface area contributed by atoms with E-state index in [1.54, 1.807) is 12.1 Å². The number of methoxy groups -OCH3 is 3. The van der Waals surface area contributed by atoms with Gasteiger partial charge in [-0.1, -0.05) is 35.5 Å². The maximum atomic E-state index is 12.5. The fourth-order valence-electron chi connectivity index (χ4n) is 2.66. The summed E-state index contributed by atoms with van der Waals surface area (Å²) in [5, 5.41) is 6.78. The number of nitrogens with zero attached hydrogens (tertiary/aromatic N) is 2. The predicted octanol–water partition coefficient (Wildman–Crippen LogP) is 2.73.